The number of rotatable bonds is 4. The van der Waals surface area contributed by atoms with E-state index in [-0.39, 0.29) is 49.9 Å². The number of carbonyl (C=O) groups excluding carboxylic acids is 2. The second-order valence-corrected chi connectivity index (χ2v) is 9.09. The van der Waals surface area contributed by atoms with Crippen LogP contribution in [0.15, 0.2) is 24.3 Å². The highest BCUT2D eigenvalue weighted by atomic mass is 16.5. The number of hydrogen-bond donors (Lipinski definition) is 2. The number of anilines is 1. The van der Waals surface area contributed by atoms with Gasteiger partial charge in [-0.15, -0.1) is 0 Å². The van der Waals surface area contributed by atoms with Crippen molar-refractivity contribution in [1.82, 2.24) is 9.80 Å². The quantitative estimate of drug-likeness (QED) is 0.713. The molecule has 0 aromatic heterocycles. The lowest BCUT2D eigenvalue weighted by molar-refractivity contribution is -0.154. The minimum atomic E-state index is -0.772. The van der Waals surface area contributed by atoms with Crippen LogP contribution < -0.4 is 10.1 Å². The molecule has 4 rings (SSSR count). The van der Waals surface area contributed by atoms with Gasteiger partial charge in [0.25, 0.3) is 0 Å². The molecule has 3 saturated heterocycles. The van der Waals surface area contributed by atoms with Gasteiger partial charge in [-0.25, -0.2) is 4.79 Å². The summed E-state index contributed by atoms with van der Waals surface area (Å²) in [5.74, 6) is 0.854. The number of fused-ring (bicyclic) bond motifs is 1. The number of urea groups is 1. The fourth-order valence-electron chi connectivity index (χ4n) is 4.91. The zero-order valence-electron chi connectivity index (χ0n) is 19.3. The summed E-state index contributed by atoms with van der Waals surface area (Å²) >= 11 is 0. The van der Waals surface area contributed by atoms with E-state index in [9.17, 15) is 14.7 Å². The summed E-state index contributed by atoms with van der Waals surface area (Å²) in [5.41, 5.74) is 0.645. The smallest absolute Gasteiger partial charge is 0.322 e. The maximum Gasteiger partial charge on any atom is 0.322 e. The van der Waals surface area contributed by atoms with Gasteiger partial charge in [0.2, 0.25) is 5.91 Å². The number of carbonyl (C=O) groups is 2. The van der Waals surface area contributed by atoms with E-state index < -0.39 is 6.10 Å². The first-order chi connectivity index (χ1) is 16.0. The van der Waals surface area contributed by atoms with E-state index in [4.69, 9.17) is 14.2 Å². The van der Waals surface area contributed by atoms with Gasteiger partial charge in [0.05, 0.1) is 51.5 Å². The lowest BCUT2D eigenvalue weighted by Gasteiger charge is -2.44. The van der Waals surface area contributed by atoms with E-state index in [0.29, 0.717) is 30.7 Å². The molecule has 0 radical (unpaired) electrons. The molecule has 1 aromatic rings. The van der Waals surface area contributed by atoms with Crippen LogP contribution in [-0.4, -0.2) is 91.2 Å². The van der Waals surface area contributed by atoms with E-state index in [1.54, 1.807) is 36.3 Å². The average Bonchev–Trinajstić information content (AvgIpc) is 2.83. The van der Waals surface area contributed by atoms with Crippen molar-refractivity contribution in [3.8, 4) is 5.75 Å². The molecule has 1 aromatic carbocycles. The Bertz CT molecular complexity index is 798. The number of likely N-dealkylation sites (tertiary alicyclic amines) is 1. The van der Waals surface area contributed by atoms with Gasteiger partial charge in [0.15, 0.2) is 0 Å². The number of aliphatic hydroxyl groups excluding tert-OH is 1. The van der Waals surface area contributed by atoms with E-state index in [1.165, 1.54) is 6.42 Å². The maximum absolute atomic E-state index is 13.2. The number of nitrogens with one attached hydrogen (secondary N) is 1. The van der Waals surface area contributed by atoms with Crippen LogP contribution in [0.5, 0.6) is 5.75 Å². The third kappa shape index (κ3) is 6.16. The summed E-state index contributed by atoms with van der Waals surface area (Å²) in [6, 6.07) is 6.58. The molecule has 3 amide bonds. The Morgan fingerprint density at radius 2 is 1.88 bits per heavy atom. The lowest BCUT2D eigenvalue weighted by Crippen LogP contribution is -2.58. The molecule has 2 N–H and O–H groups in total. The highest BCUT2D eigenvalue weighted by molar-refractivity contribution is 5.89. The van der Waals surface area contributed by atoms with Crippen LogP contribution in [0.2, 0.25) is 0 Å². The lowest BCUT2D eigenvalue weighted by atomic mass is 9.94. The second kappa shape index (κ2) is 11.2. The number of hydrogen-bond acceptors (Lipinski definition) is 6. The predicted molar refractivity (Wildman–Crippen MR) is 122 cm³/mol. The average molecular weight is 462 g/mol. The van der Waals surface area contributed by atoms with Gasteiger partial charge in [0.1, 0.15) is 11.9 Å². The van der Waals surface area contributed by atoms with Gasteiger partial charge < -0.3 is 34.4 Å². The van der Waals surface area contributed by atoms with Gasteiger partial charge in [-0.2, -0.15) is 0 Å². The molecular formula is C24H35N3O6. The van der Waals surface area contributed by atoms with Crippen LogP contribution in [0.4, 0.5) is 10.5 Å². The minimum Gasteiger partial charge on any atom is -0.497 e. The Hall–Kier alpha value is -2.36. The summed E-state index contributed by atoms with van der Waals surface area (Å²) in [7, 11) is 1.59. The number of aliphatic hydroxyl groups is 1. The molecule has 0 spiro atoms. The molecule has 9 nitrogen and oxygen atoms in total. The first-order valence-electron chi connectivity index (χ1n) is 11.9. The Balaban J connectivity index is 1.40. The van der Waals surface area contributed by atoms with Gasteiger partial charge in [-0.05, 0) is 56.4 Å². The number of amides is 3. The van der Waals surface area contributed by atoms with Crippen LogP contribution in [0, 0.1) is 0 Å². The van der Waals surface area contributed by atoms with Crippen LogP contribution in [0.1, 0.15) is 38.5 Å². The minimum absolute atomic E-state index is 0.135. The summed E-state index contributed by atoms with van der Waals surface area (Å²) in [6.45, 7) is 2.23. The molecule has 3 aliphatic heterocycles. The second-order valence-electron chi connectivity index (χ2n) is 9.09. The number of ether oxygens (including phenoxy) is 3. The van der Waals surface area contributed by atoms with Crippen molar-refractivity contribution < 1.29 is 28.9 Å². The standard InChI is InChI=1S/C24H35N3O6/c1-31-19-7-5-17(6-8-19)25-24(30)27-14-18(28)15-32-16-22-21(27)10-9-20(33-22)13-23(29)26-11-3-2-4-12-26/h5-8,18,20-22,28H,2-4,9-16H2,1H3,(H,25,30)/t18-,20+,21+,22-/m0/s1. The highest BCUT2D eigenvalue weighted by Gasteiger charge is 2.40. The summed E-state index contributed by atoms with van der Waals surface area (Å²) in [6.07, 6.45) is 3.76. The molecule has 0 saturated carbocycles. The Kier molecular flexibility index (Phi) is 8.06. The van der Waals surface area contributed by atoms with Gasteiger partial charge in [-0.3, -0.25) is 4.79 Å². The van der Waals surface area contributed by atoms with Crippen molar-refractivity contribution in [3.63, 3.8) is 0 Å². The number of benzene rings is 1. The Morgan fingerprint density at radius 3 is 2.61 bits per heavy atom. The molecule has 3 aliphatic rings. The third-order valence-electron chi connectivity index (χ3n) is 6.69. The van der Waals surface area contributed by atoms with Crippen LogP contribution in [0.3, 0.4) is 0 Å². The molecule has 0 unspecified atom stereocenters. The first-order valence-corrected chi connectivity index (χ1v) is 11.9. The van der Waals surface area contributed by atoms with Crippen LogP contribution >= 0.6 is 0 Å². The van der Waals surface area contributed by atoms with Crippen molar-refractivity contribution in [2.45, 2.75) is 62.9 Å². The zero-order chi connectivity index (χ0) is 23.2. The Labute approximate surface area is 195 Å². The number of β-amino-alcohol motifs (C(OH)–C–C–N with tert-alkyl or cyclic N) is 1. The SMILES string of the molecule is COc1ccc(NC(=O)N2C[C@H](O)COC[C@@H]3O[C@@H](CC(=O)N4CCCCC4)CC[C@H]32)cc1. The summed E-state index contributed by atoms with van der Waals surface area (Å²) in [5, 5.41) is 13.2. The molecule has 182 valence electrons. The molecule has 9 heteroatoms. The molecule has 0 aliphatic carbocycles. The Morgan fingerprint density at radius 1 is 1.12 bits per heavy atom. The fraction of sp³-hybridized carbons (Fsp3) is 0.667. The first kappa shape index (κ1) is 23.8. The predicted octanol–water partition coefficient (Wildman–Crippen LogP) is 2.24. The monoisotopic (exact) mass is 461 g/mol. The van der Waals surface area contributed by atoms with Crippen LogP contribution in [-0.2, 0) is 14.3 Å². The maximum atomic E-state index is 13.2. The number of piperidine rings is 1. The summed E-state index contributed by atoms with van der Waals surface area (Å²) in [4.78, 5) is 29.5. The zero-order valence-corrected chi connectivity index (χ0v) is 19.3. The molecule has 0 bridgehead atoms. The van der Waals surface area contributed by atoms with Crippen molar-refractivity contribution >= 4 is 17.6 Å². The van der Waals surface area contributed by atoms with E-state index >= 15 is 0 Å². The van der Waals surface area contributed by atoms with E-state index in [1.807, 2.05) is 4.90 Å². The number of methoxy groups -OCH3 is 1. The van der Waals surface area contributed by atoms with E-state index in [0.717, 1.165) is 25.9 Å². The highest BCUT2D eigenvalue weighted by Crippen LogP contribution is 2.29. The van der Waals surface area contributed by atoms with Crippen molar-refractivity contribution in [2.24, 2.45) is 0 Å². The van der Waals surface area contributed by atoms with Gasteiger partial charge >= 0.3 is 6.03 Å². The molecule has 3 heterocycles. The summed E-state index contributed by atoms with van der Waals surface area (Å²) < 4.78 is 17.1. The number of nitrogens with zero attached hydrogens (tertiary/aromatic N) is 2. The topological polar surface area (TPSA) is 101 Å². The molecule has 3 fully saturated rings. The largest absolute Gasteiger partial charge is 0.497 e. The van der Waals surface area contributed by atoms with Crippen molar-refractivity contribution in [1.29, 1.82) is 0 Å². The van der Waals surface area contributed by atoms with Crippen LogP contribution in [0.25, 0.3) is 0 Å². The van der Waals surface area contributed by atoms with Crippen molar-refractivity contribution in [3.05, 3.63) is 24.3 Å². The van der Waals surface area contributed by atoms with Gasteiger partial charge in [0, 0.05) is 18.8 Å². The van der Waals surface area contributed by atoms with Gasteiger partial charge in [-0.1, -0.05) is 0 Å². The molecular weight excluding hydrogens is 426 g/mol. The van der Waals surface area contributed by atoms with E-state index in [2.05, 4.69) is 5.32 Å². The molecule has 33 heavy (non-hydrogen) atoms. The molecule has 4 atom stereocenters. The van der Waals surface area contributed by atoms with Crippen molar-refractivity contribution in [2.75, 3.05) is 45.3 Å². The third-order valence-corrected chi connectivity index (χ3v) is 6.69. The fourth-order valence-corrected chi connectivity index (χ4v) is 4.91. The normalized spacial score (nSPS) is 28.3.